The first kappa shape index (κ1) is 17.5. The monoisotopic (exact) mass is 333 g/mol. The summed E-state index contributed by atoms with van der Waals surface area (Å²) in [5, 5.41) is 0.531. The van der Waals surface area contributed by atoms with E-state index in [2.05, 4.69) is 32.9 Å². The van der Waals surface area contributed by atoms with Crippen LogP contribution in [0, 0.1) is 0 Å². The highest BCUT2D eigenvalue weighted by Gasteiger charge is 2.25. The maximum atomic E-state index is 12.2. The third-order valence-corrected chi connectivity index (χ3v) is 4.27. The number of anilines is 1. The van der Waals surface area contributed by atoms with Crippen LogP contribution in [0.3, 0.4) is 0 Å². The lowest BCUT2D eigenvalue weighted by atomic mass is 9.86. The van der Waals surface area contributed by atoms with Gasteiger partial charge in [0, 0.05) is 0 Å². The standard InChI is InChI=1S/C18H23NO3S/c1-6-21-16(20)15-13(14(19)17(22-15)23-5)11-7-9-12(10-8-11)18(2,3)4/h7-10H,6,19H2,1-5H3. The summed E-state index contributed by atoms with van der Waals surface area (Å²) in [5.74, 6) is -0.327. The quantitative estimate of drug-likeness (QED) is 0.647. The molecule has 0 aliphatic heterocycles. The minimum absolute atomic E-state index is 0.0644. The molecular formula is C18H23NO3S. The van der Waals surface area contributed by atoms with E-state index in [4.69, 9.17) is 14.9 Å². The van der Waals surface area contributed by atoms with Crippen LogP contribution in [0.25, 0.3) is 11.1 Å². The fourth-order valence-electron chi connectivity index (χ4n) is 2.34. The SMILES string of the molecule is CCOC(=O)c1oc(SC)c(N)c1-c1ccc(C(C)(C)C)cc1. The highest BCUT2D eigenvalue weighted by atomic mass is 32.2. The molecule has 2 aromatic rings. The van der Waals surface area contributed by atoms with Crippen molar-refractivity contribution in [2.75, 3.05) is 18.6 Å². The second kappa shape index (κ2) is 6.71. The van der Waals surface area contributed by atoms with Crippen molar-refractivity contribution in [1.29, 1.82) is 0 Å². The number of nitrogen functional groups attached to an aromatic ring is 1. The smallest absolute Gasteiger partial charge is 0.375 e. The van der Waals surface area contributed by atoms with Crippen LogP contribution in [0.4, 0.5) is 5.69 Å². The van der Waals surface area contributed by atoms with E-state index in [9.17, 15) is 4.79 Å². The number of furan rings is 1. The second-order valence-corrected chi connectivity index (χ2v) is 7.04. The van der Waals surface area contributed by atoms with Crippen LogP contribution in [-0.4, -0.2) is 18.8 Å². The Labute approximate surface area is 141 Å². The highest BCUT2D eigenvalue weighted by molar-refractivity contribution is 7.98. The van der Waals surface area contributed by atoms with Gasteiger partial charge in [-0.15, -0.1) is 0 Å². The van der Waals surface area contributed by atoms with Crippen LogP contribution in [-0.2, 0) is 10.2 Å². The summed E-state index contributed by atoms with van der Waals surface area (Å²) in [5.41, 5.74) is 9.39. The van der Waals surface area contributed by atoms with E-state index >= 15 is 0 Å². The Hall–Kier alpha value is -1.88. The van der Waals surface area contributed by atoms with Gasteiger partial charge in [0.2, 0.25) is 5.76 Å². The summed E-state index contributed by atoms with van der Waals surface area (Å²) in [6, 6.07) is 8.04. The molecule has 0 radical (unpaired) electrons. The molecule has 2 rings (SSSR count). The zero-order chi connectivity index (χ0) is 17.2. The van der Waals surface area contributed by atoms with E-state index in [0.717, 1.165) is 5.56 Å². The number of benzene rings is 1. The maximum Gasteiger partial charge on any atom is 0.375 e. The van der Waals surface area contributed by atoms with Gasteiger partial charge in [0.1, 0.15) is 0 Å². The van der Waals surface area contributed by atoms with E-state index < -0.39 is 5.97 Å². The number of rotatable bonds is 4. The molecule has 4 nitrogen and oxygen atoms in total. The number of thioether (sulfide) groups is 1. The molecule has 0 saturated carbocycles. The first-order valence-corrected chi connectivity index (χ1v) is 8.76. The van der Waals surface area contributed by atoms with E-state index in [1.54, 1.807) is 6.92 Å². The summed E-state index contributed by atoms with van der Waals surface area (Å²) in [6.45, 7) is 8.52. The Kier molecular flexibility index (Phi) is 5.09. The topological polar surface area (TPSA) is 65.5 Å². The van der Waals surface area contributed by atoms with Crippen LogP contribution in [0.5, 0.6) is 0 Å². The third-order valence-electron chi connectivity index (χ3n) is 3.60. The van der Waals surface area contributed by atoms with E-state index in [-0.39, 0.29) is 17.8 Å². The third kappa shape index (κ3) is 3.55. The van der Waals surface area contributed by atoms with E-state index in [0.29, 0.717) is 16.3 Å². The van der Waals surface area contributed by atoms with Gasteiger partial charge in [-0.05, 0) is 29.7 Å². The van der Waals surface area contributed by atoms with Crippen LogP contribution < -0.4 is 5.73 Å². The first-order valence-electron chi connectivity index (χ1n) is 7.53. The van der Waals surface area contributed by atoms with Crippen molar-refractivity contribution < 1.29 is 13.9 Å². The van der Waals surface area contributed by atoms with Crippen LogP contribution in [0.2, 0.25) is 0 Å². The molecule has 0 bridgehead atoms. The molecule has 0 aliphatic carbocycles. The van der Waals surface area contributed by atoms with Crippen molar-refractivity contribution in [1.82, 2.24) is 0 Å². The van der Waals surface area contributed by atoms with E-state index in [1.165, 1.54) is 17.3 Å². The molecule has 0 fully saturated rings. The van der Waals surface area contributed by atoms with Gasteiger partial charge in [-0.1, -0.05) is 56.8 Å². The minimum Gasteiger partial charge on any atom is -0.460 e. The zero-order valence-corrected chi connectivity index (χ0v) is 15.0. The predicted octanol–water partition coefficient (Wildman–Crippen LogP) is 4.72. The molecule has 0 unspecified atom stereocenters. The van der Waals surface area contributed by atoms with Gasteiger partial charge in [-0.2, -0.15) is 0 Å². The van der Waals surface area contributed by atoms with Gasteiger partial charge in [-0.3, -0.25) is 0 Å². The molecule has 1 aromatic heterocycles. The van der Waals surface area contributed by atoms with Gasteiger partial charge in [-0.25, -0.2) is 4.79 Å². The summed E-state index contributed by atoms with van der Waals surface area (Å²) >= 11 is 1.37. The molecule has 0 amide bonds. The van der Waals surface area contributed by atoms with Crippen LogP contribution in [0.15, 0.2) is 33.8 Å². The molecule has 0 spiro atoms. The highest BCUT2D eigenvalue weighted by Crippen LogP contribution is 2.40. The van der Waals surface area contributed by atoms with Crippen molar-refractivity contribution in [2.45, 2.75) is 38.2 Å². The molecule has 1 heterocycles. The zero-order valence-electron chi connectivity index (χ0n) is 14.2. The number of carbonyl (C=O) groups excluding carboxylic acids is 1. The Morgan fingerprint density at radius 1 is 1.26 bits per heavy atom. The molecule has 5 heteroatoms. The predicted molar refractivity (Wildman–Crippen MR) is 95.0 cm³/mol. The summed E-state index contributed by atoms with van der Waals surface area (Å²) < 4.78 is 10.7. The minimum atomic E-state index is -0.491. The Morgan fingerprint density at radius 3 is 2.35 bits per heavy atom. The summed E-state index contributed by atoms with van der Waals surface area (Å²) in [6.07, 6.45) is 1.86. The number of nitrogens with two attached hydrogens (primary N) is 1. The molecule has 2 N–H and O–H groups in total. The van der Waals surface area contributed by atoms with Crippen molar-refractivity contribution >= 4 is 23.4 Å². The van der Waals surface area contributed by atoms with Gasteiger partial charge in [0.25, 0.3) is 0 Å². The van der Waals surface area contributed by atoms with E-state index in [1.807, 2.05) is 18.4 Å². The second-order valence-electron chi connectivity index (χ2n) is 6.26. The van der Waals surface area contributed by atoms with Crippen molar-refractivity contribution in [3.8, 4) is 11.1 Å². The average Bonchev–Trinajstić information content (AvgIpc) is 2.83. The van der Waals surface area contributed by atoms with Gasteiger partial charge in [0.15, 0.2) is 5.09 Å². The Bertz CT molecular complexity index is 696. The molecule has 1 aromatic carbocycles. The molecular weight excluding hydrogens is 310 g/mol. The molecule has 23 heavy (non-hydrogen) atoms. The van der Waals surface area contributed by atoms with Crippen molar-refractivity contribution in [3.05, 3.63) is 35.6 Å². The molecule has 0 atom stereocenters. The van der Waals surface area contributed by atoms with Gasteiger partial charge in [0.05, 0.1) is 17.9 Å². The summed E-state index contributed by atoms with van der Waals surface area (Å²) in [7, 11) is 0. The normalized spacial score (nSPS) is 11.5. The molecule has 124 valence electrons. The van der Waals surface area contributed by atoms with Crippen molar-refractivity contribution in [3.63, 3.8) is 0 Å². The summed E-state index contributed by atoms with van der Waals surface area (Å²) in [4.78, 5) is 12.2. The Morgan fingerprint density at radius 2 is 1.87 bits per heavy atom. The molecule has 0 saturated heterocycles. The van der Waals surface area contributed by atoms with Crippen LogP contribution in [0.1, 0.15) is 43.8 Å². The average molecular weight is 333 g/mol. The maximum absolute atomic E-state index is 12.2. The lowest BCUT2D eigenvalue weighted by Gasteiger charge is -2.19. The lowest BCUT2D eigenvalue weighted by molar-refractivity contribution is 0.0485. The fraction of sp³-hybridized carbons (Fsp3) is 0.389. The Balaban J connectivity index is 2.53. The first-order chi connectivity index (χ1) is 10.8. The number of esters is 1. The number of hydrogen-bond acceptors (Lipinski definition) is 5. The number of ether oxygens (including phenoxy) is 1. The number of carbonyl (C=O) groups is 1. The van der Waals surface area contributed by atoms with Crippen LogP contribution >= 0.6 is 11.8 Å². The number of hydrogen-bond donors (Lipinski definition) is 1. The largest absolute Gasteiger partial charge is 0.460 e. The van der Waals surface area contributed by atoms with Crippen molar-refractivity contribution in [2.24, 2.45) is 0 Å². The lowest BCUT2D eigenvalue weighted by Crippen LogP contribution is -2.10. The van der Waals surface area contributed by atoms with Gasteiger partial charge < -0.3 is 14.9 Å². The fourth-order valence-corrected chi connectivity index (χ4v) is 2.83. The van der Waals surface area contributed by atoms with Gasteiger partial charge >= 0.3 is 5.97 Å². The molecule has 0 aliphatic rings.